The second kappa shape index (κ2) is 5.01. The van der Waals surface area contributed by atoms with Gasteiger partial charge in [-0.05, 0) is 19.1 Å². The third kappa shape index (κ3) is 2.99. The van der Waals surface area contributed by atoms with Crippen LogP contribution in [-0.2, 0) is 4.79 Å². The molecular weight excluding hydrogens is 194 g/mol. The van der Waals surface area contributed by atoms with Gasteiger partial charge in [-0.1, -0.05) is 0 Å². The van der Waals surface area contributed by atoms with E-state index in [2.05, 4.69) is 0 Å². The van der Waals surface area contributed by atoms with Crippen LogP contribution in [0.3, 0.4) is 0 Å². The summed E-state index contributed by atoms with van der Waals surface area (Å²) < 4.78 is 10.1. The van der Waals surface area contributed by atoms with Gasteiger partial charge in [0.2, 0.25) is 0 Å². The van der Waals surface area contributed by atoms with Crippen LogP contribution in [0.15, 0.2) is 18.2 Å². The first-order chi connectivity index (χ1) is 7.17. The predicted octanol–water partition coefficient (Wildman–Crippen LogP) is 1.88. The van der Waals surface area contributed by atoms with Crippen molar-refractivity contribution in [3.8, 4) is 17.6 Å². The summed E-state index contributed by atoms with van der Waals surface area (Å²) in [6.45, 7) is 3.59. The van der Waals surface area contributed by atoms with Crippen LogP contribution in [0.1, 0.15) is 19.4 Å². The summed E-state index contributed by atoms with van der Waals surface area (Å²) in [5.41, 5.74) is 0.424. The van der Waals surface area contributed by atoms with Gasteiger partial charge in [0.05, 0.1) is 12.2 Å². The lowest BCUT2D eigenvalue weighted by Crippen LogP contribution is -2.02. The van der Waals surface area contributed by atoms with E-state index < -0.39 is 5.97 Å². The van der Waals surface area contributed by atoms with Gasteiger partial charge < -0.3 is 9.47 Å². The van der Waals surface area contributed by atoms with Gasteiger partial charge >= 0.3 is 5.97 Å². The maximum atomic E-state index is 10.7. The Morgan fingerprint density at radius 2 is 2.27 bits per heavy atom. The van der Waals surface area contributed by atoms with Crippen LogP contribution in [0.25, 0.3) is 0 Å². The van der Waals surface area contributed by atoms with Crippen molar-refractivity contribution in [2.75, 3.05) is 6.61 Å². The molecule has 0 saturated heterocycles. The Labute approximate surface area is 88.0 Å². The van der Waals surface area contributed by atoms with Crippen molar-refractivity contribution in [3.05, 3.63) is 23.8 Å². The van der Waals surface area contributed by atoms with Crippen LogP contribution < -0.4 is 9.47 Å². The average Bonchev–Trinajstić information content (AvgIpc) is 2.18. The van der Waals surface area contributed by atoms with E-state index in [0.717, 1.165) is 0 Å². The second-order valence-corrected chi connectivity index (χ2v) is 2.80. The van der Waals surface area contributed by atoms with Crippen LogP contribution in [-0.4, -0.2) is 12.6 Å². The SMILES string of the molecule is CCOc1cc(OC(C)=O)ccc1C#N. The lowest BCUT2D eigenvalue weighted by molar-refractivity contribution is -0.131. The largest absolute Gasteiger partial charge is 0.492 e. The van der Waals surface area contributed by atoms with Gasteiger partial charge in [-0.15, -0.1) is 0 Å². The predicted molar refractivity (Wildman–Crippen MR) is 53.6 cm³/mol. The van der Waals surface area contributed by atoms with Crippen molar-refractivity contribution >= 4 is 5.97 Å². The van der Waals surface area contributed by atoms with Crippen molar-refractivity contribution in [2.45, 2.75) is 13.8 Å². The Morgan fingerprint density at radius 1 is 1.53 bits per heavy atom. The molecule has 0 aliphatic carbocycles. The van der Waals surface area contributed by atoms with Gasteiger partial charge in [0, 0.05) is 13.0 Å². The maximum Gasteiger partial charge on any atom is 0.308 e. The first-order valence-corrected chi connectivity index (χ1v) is 4.52. The molecule has 0 N–H and O–H groups in total. The van der Waals surface area contributed by atoms with Crippen molar-refractivity contribution in [2.24, 2.45) is 0 Å². The fraction of sp³-hybridized carbons (Fsp3) is 0.273. The molecule has 0 fully saturated rings. The Kier molecular flexibility index (Phi) is 3.69. The number of nitrogens with zero attached hydrogens (tertiary/aromatic N) is 1. The van der Waals surface area contributed by atoms with Crippen LogP contribution >= 0.6 is 0 Å². The van der Waals surface area contributed by atoms with Crippen LogP contribution in [0.5, 0.6) is 11.5 Å². The molecule has 0 bridgehead atoms. The number of hydrogen-bond acceptors (Lipinski definition) is 4. The highest BCUT2D eigenvalue weighted by molar-refractivity contribution is 5.69. The number of hydrogen-bond donors (Lipinski definition) is 0. The molecule has 0 saturated carbocycles. The summed E-state index contributed by atoms with van der Waals surface area (Å²) >= 11 is 0. The van der Waals surface area contributed by atoms with Crippen LogP contribution in [0, 0.1) is 11.3 Å². The number of benzene rings is 1. The first kappa shape index (κ1) is 11.1. The fourth-order valence-electron chi connectivity index (χ4n) is 1.10. The zero-order valence-electron chi connectivity index (χ0n) is 8.61. The zero-order chi connectivity index (χ0) is 11.3. The third-order valence-corrected chi connectivity index (χ3v) is 1.63. The summed E-state index contributed by atoms with van der Waals surface area (Å²) in [6, 6.07) is 6.64. The summed E-state index contributed by atoms with van der Waals surface area (Å²) in [7, 11) is 0. The lowest BCUT2D eigenvalue weighted by Gasteiger charge is -2.07. The van der Waals surface area contributed by atoms with E-state index in [9.17, 15) is 4.79 Å². The molecule has 1 aromatic carbocycles. The highest BCUT2D eigenvalue weighted by Gasteiger charge is 2.06. The molecule has 78 valence electrons. The molecule has 15 heavy (non-hydrogen) atoms. The molecule has 0 atom stereocenters. The first-order valence-electron chi connectivity index (χ1n) is 4.52. The molecule has 0 radical (unpaired) electrons. The highest BCUT2D eigenvalue weighted by Crippen LogP contribution is 2.24. The Bertz CT molecular complexity index is 407. The minimum Gasteiger partial charge on any atom is -0.492 e. The fourth-order valence-corrected chi connectivity index (χ4v) is 1.10. The molecule has 1 aromatic rings. The quantitative estimate of drug-likeness (QED) is 0.558. The molecule has 0 aliphatic rings. The number of ether oxygens (including phenoxy) is 2. The minimum atomic E-state index is -0.401. The number of carbonyl (C=O) groups is 1. The zero-order valence-corrected chi connectivity index (χ0v) is 8.61. The smallest absolute Gasteiger partial charge is 0.308 e. The molecule has 4 heteroatoms. The maximum absolute atomic E-state index is 10.7. The van der Waals surface area contributed by atoms with E-state index in [1.807, 2.05) is 13.0 Å². The second-order valence-electron chi connectivity index (χ2n) is 2.80. The number of nitriles is 1. The molecule has 0 aliphatic heterocycles. The van der Waals surface area contributed by atoms with Gasteiger partial charge in [0.1, 0.15) is 17.6 Å². The summed E-state index contributed by atoms with van der Waals surface area (Å²) in [5.74, 6) is 0.408. The van der Waals surface area contributed by atoms with Gasteiger partial charge in [-0.2, -0.15) is 5.26 Å². The van der Waals surface area contributed by atoms with Crippen molar-refractivity contribution in [1.82, 2.24) is 0 Å². The molecule has 0 unspecified atom stereocenters. The molecule has 0 amide bonds. The van der Waals surface area contributed by atoms with E-state index >= 15 is 0 Å². The van der Waals surface area contributed by atoms with Gasteiger partial charge in [-0.3, -0.25) is 4.79 Å². The van der Waals surface area contributed by atoms with Crippen LogP contribution in [0.2, 0.25) is 0 Å². The molecule has 0 spiro atoms. The Hall–Kier alpha value is -2.02. The van der Waals surface area contributed by atoms with E-state index in [1.54, 1.807) is 12.1 Å². The van der Waals surface area contributed by atoms with Gasteiger partial charge in [-0.25, -0.2) is 0 Å². The van der Waals surface area contributed by atoms with E-state index in [0.29, 0.717) is 23.7 Å². The van der Waals surface area contributed by atoms with Gasteiger partial charge in [0.25, 0.3) is 0 Å². The normalized spacial score (nSPS) is 9.13. The summed E-state index contributed by atoms with van der Waals surface area (Å²) in [4.78, 5) is 10.7. The lowest BCUT2D eigenvalue weighted by atomic mass is 10.2. The average molecular weight is 205 g/mol. The minimum absolute atomic E-state index is 0.380. The van der Waals surface area contributed by atoms with Crippen LogP contribution in [0.4, 0.5) is 0 Å². The standard InChI is InChI=1S/C11H11NO3/c1-3-14-11-6-10(15-8(2)13)5-4-9(11)7-12/h4-6H,3H2,1-2H3. The van der Waals surface area contributed by atoms with Gasteiger partial charge in [0.15, 0.2) is 0 Å². The molecule has 0 heterocycles. The topological polar surface area (TPSA) is 59.3 Å². The third-order valence-electron chi connectivity index (χ3n) is 1.63. The molecule has 1 rings (SSSR count). The summed E-state index contributed by atoms with van der Waals surface area (Å²) in [6.07, 6.45) is 0. The Balaban J connectivity index is 3.00. The molecule has 4 nitrogen and oxygen atoms in total. The van der Waals surface area contributed by atoms with E-state index in [-0.39, 0.29) is 0 Å². The monoisotopic (exact) mass is 205 g/mol. The number of esters is 1. The van der Waals surface area contributed by atoms with E-state index in [1.165, 1.54) is 13.0 Å². The number of rotatable bonds is 3. The Morgan fingerprint density at radius 3 is 2.80 bits per heavy atom. The molecule has 0 aromatic heterocycles. The number of carbonyl (C=O) groups excluding carboxylic acids is 1. The summed E-state index contributed by atoms with van der Waals surface area (Å²) in [5, 5.41) is 8.78. The van der Waals surface area contributed by atoms with E-state index in [4.69, 9.17) is 14.7 Å². The van der Waals surface area contributed by atoms with Crippen molar-refractivity contribution in [1.29, 1.82) is 5.26 Å². The molecular formula is C11H11NO3. The van der Waals surface area contributed by atoms with Crippen molar-refractivity contribution < 1.29 is 14.3 Å². The van der Waals surface area contributed by atoms with Crippen molar-refractivity contribution in [3.63, 3.8) is 0 Å². The highest BCUT2D eigenvalue weighted by atomic mass is 16.5.